The highest BCUT2D eigenvalue weighted by Crippen LogP contribution is 2.39. The molecule has 0 atom stereocenters. The first kappa shape index (κ1) is 13.0. The van der Waals surface area contributed by atoms with E-state index in [1.165, 1.54) is 55.8 Å². The van der Waals surface area contributed by atoms with Crippen molar-refractivity contribution in [3.05, 3.63) is 16.1 Å². The van der Waals surface area contributed by atoms with Gasteiger partial charge in [-0.3, -0.25) is 0 Å². The van der Waals surface area contributed by atoms with Crippen molar-refractivity contribution in [2.24, 2.45) is 5.41 Å². The highest BCUT2D eigenvalue weighted by molar-refractivity contribution is 7.09. The molecule has 1 aromatic rings. The quantitative estimate of drug-likeness (QED) is 0.867. The lowest BCUT2D eigenvalue weighted by atomic mass is 9.72. The Hall–Kier alpha value is -0.410. The smallest absolute Gasteiger partial charge is 0.0934 e. The van der Waals surface area contributed by atoms with E-state index >= 15 is 0 Å². The van der Waals surface area contributed by atoms with Crippen LogP contribution in [0, 0.1) is 12.3 Å². The molecule has 3 heteroatoms. The molecule has 0 bridgehead atoms. The summed E-state index contributed by atoms with van der Waals surface area (Å²) in [5, 5.41) is 7.08. The molecule has 17 heavy (non-hydrogen) atoms. The number of nitrogens with zero attached hydrogens (tertiary/aromatic N) is 1. The number of thiazole rings is 1. The van der Waals surface area contributed by atoms with Crippen LogP contribution in [0.1, 0.15) is 49.7 Å². The molecule has 1 saturated carbocycles. The van der Waals surface area contributed by atoms with Crippen LogP contribution < -0.4 is 5.32 Å². The monoisotopic (exact) mass is 252 g/mol. The third-order valence-corrected chi connectivity index (χ3v) is 4.82. The van der Waals surface area contributed by atoms with Crippen LogP contribution in [-0.2, 0) is 6.42 Å². The number of hydrogen-bond acceptors (Lipinski definition) is 3. The average Bonchev–Trinajstić information content (AvgIpc) is 2.73. The van der Waals surface area contributed by atoms with Crippen molar-refractivity contribution in [1.82, 2.24) is 10.3 Å². The lowest BCUT2D eigenvalue weighted by molar-refractivity contribution is 0.182. The van der Waals surface area contributed by atoms with Gasteiger partial charge in [0, 0.05) is 24.0 Å². The Bertz CT molecular complexity index is 340. The predicted molar refractivity (Wildman–Crippen MR) is 74.6 cm³/mol. The van der Waals surface area contributed by atoms with Crippen LogP contribution in [0.2, 0.25) is 0 Å². The van der Waals surface area contributed by atoms with E-state index in [1.54, 1.807) is 0 Å². The first-order chi connectivity index (χ1) is 8.24. The van der Waals surface area contributed by atoms with E-state index in [9.17, 15) is 0 Å². The van der Waals surface area contributed by atoms with Crippen molar-refractivity contribution in [2.75, 3.05) is 13.1 Å². The fourth-order valence-electron chi connectivity index (χ4n) is 2.91. The number of hydrogen-bond donors (Lipinski definition) is 1. The topological polar surface area (TPSA) is 24.9 Å². The fourth-order valence-corrected chi connectivity index (χ4v) is 3.86. The van der Waals surface area contributed by atoms with Crippen LogP contribution in [0.4, 0.5) is 0 Å². The zero-order valence-corrected chi connectivity index (χ0v) is 11.9. The van der Waals surface area contributed by atoms with E-state index in [2.05, 4.69) is 29.5 Å². The van der Waals surface area contributed by atoms with Crippen molar-refractivity contribution in [3.63, 3.8) is 0 Å². The fraction of sp³-hybridized carbons (Fsp3) is 0.786. The standard InChI is InChI=1S/C14H24N2S/c1-3-15-11-14(7-5-4-6-8-14)9-13-16-12(2)10-17-13/h10,15H,3-9,11H2,1-2H3. The summed E-state index contributed by atoms with van der Waals surface area (Å²) in [6.45, 7) is 6.54. The second-order valence-corrected chi connectivity index (χ2v) is 6.34. The molecule has 96 valence electrons. The lowest BCUT2D eigenvalue weighted by Gasteiger charge is -2.37. The van der Waals surface area contributed by atoms with E-state index in [4.69, 9.17) is 0 Å². The molecule has 0 aromatic carbocycles. The van der Waals surface area contributed by atoms with E-state index in [-0.39, 0.29) is 0 Å². The summed E-state index contributed by atoms with van der Waals surface area (Å²) in [6.07, 6.45) is 8.14. The molecule has 1 aliphatic carbocycles. The number of nitrogens with one attached hydrogen (secondary N) is 1. The summed E-state index contributed by atoms with van der Waals surface area (Å²) in [5.41, 5.74) is 1.66. The highest BCUT2D eigenvalue weighted by atomic mass is 32.1. The largest absolute Gasteiger partial charge is 0.316 e. The normalized spacial score (nSPS) is 19.4. The summed E-state index contributed by atoms with van der Waals surface area (Å²) in [7, 11) is 0. The zero-order valence-electron chi connectivity index (χ0n) is 11.1. The molecule has 1 fully saturated rings. The predicted octanol–water partition coefficient (Wildman–Crippen LogP) is 3.55. The Kier molecular flexibility index (Phi) is 4.57. The van der Waals surface area contributed by atoms with Crippen molar-refractivity contribution in [2.45, 2.75) is 52.4 Å². The number of aryl methyl sites for hydroxylation is 1. The molecule has 0 spiro atoms. The molecular weight excluding hydrogens is 228 g/mol. The first-order valence-electron chi connectivity index (χ1n) is 6.86. The minimum absolute atomic E-state index is 0.485. The van der Waals surface area contributed by atoms with Gasteiger partial charge in [-0.05, 0) is 31.7 Å². The maximum absolute atomic E-state index is 4.65. The van der Waals surface area contributed by atoms with Gasteiger partial charge in [-0.1, -0.05) is 26.2 Å². The molecule has 2 rings (SSSR count). The van der Waals surface area contributed by atoms with Gasteiger partial charge in [-0.25, -0.2) is 4.98 Å². The summed E-state index contributed by atoms with van der Waals surface area (Å²) in [6, 6.07) is 0. The summed E-state index contributed by atoms with van der Waals surface area (Å²) in [5.74, 6) is 0. The molecule has 1 aliphatic rings. The summed E-state index contributed by atoms with van der Waals surface area (Å²) < 4.78 is 0. The van der Waals surface area contributed by atoms with Crippen LogP contribution in [-0.4, -0.2) is 18.1 Å². The van der Waals surface area contributed by atoms with E-state index < -0.39 is 0 Å². The second-order valence-electron chi connectivity index (χ2n) is 5.40. The average molecular weight is 252 g/mol. The van der Waals surface area contributed by atoms with Gasteiger partial charge in [-0.15, -0.1) is 11.3 Å². The van der Waals surface area contributed by atoms with Crippen molar-refractivity contribution >= 4 is 11.3 Å². The second kappa shape index (κ2) is 5.96. The maximum atomic E-state index is 4.65. The van der Waals surface area contributed by atoms with Crippen LogP contribution in [0.25, 0.3) is 0 Å². The third-order valence-electron chi connectivity index (χ3n) is 3.86. The number of rotatable bonds is 5. The molecule has 1 N–H and O–H groups in total. The van der Waals surface area contributed by atoms with E-state index in [0.717, 1.165) is 6.54 Å². The van der Waals surface area contributed by atoms with Gasteiger partial charge < -0.3 is 5.32 Å². The molecule has 0 radical (unpaired) electrons. The molecule has 1 heterocycles. The lowest BCUT2D eigenvalue weighted by Crippen LogP contribution is -2.37. The van der Waals surface area contributed by atoms with Crippen molar-refractivity contribution in [3.8, 4) is 0 Å². The molecule has 0 saturated heterocycles. The van der Waals surface area contributed by atoms with Crippen LogP contribution >= 0.6 is 11.3 Å². The van der Waals surface area contributed by atoms with Gasteiger partial charge in [0.05, 0.1) is 5.01 Å². The minimum atomic E-state index is 0.485. The van der Waals surface area contributed by atoms with E-state index in [0.29, 0.717) is 5.41 Å². The van der Waals surface area contributed by atoms with Crippen LogP contribution in [0.15, 0.2) is 5.38 Å². The van der Waals surface area contributed by atoms with Gasteiger partial charge in [0.25, 0.3) is 0 Å². The Labute approximate surface area is 109 Å². The van der Waals surface area contributed by atoms with Gasteiger partial charge in [-0.2, -0.15) is 0 Å². The van der Waals surface area contributed by atoms with Crippen molar-refractivity contribution < 1.29 is 0 Å². The maximum Gasteiger partial charge on any atom is 0.0934 e. The Morgan fingerprint density at radius 3 is 2.71 bits per heavy atom. The van der Waals surface area contributed by atoms with Gasteiger partial charge in [0.1, 0.15) is 0 Å². The van der Waals surface area contributed by atoms with Crippen molar-refractivity contribution in [1.29, 1.82) is 0 Å². The molecule has 0 amide bonds. The zero-order chi connectivity index (χ0) is 12.1. The Morgan fingerprint density at radius 2 is 2.12 bits per heavy atom. The van der Waals surface area contributed by atoms with E-state index in [1.807, 2.05) is 11.3 Å². The van der Waals surface area contributed by atoms with Crippen LogP contribution in [0.3, 0.4) is 0 Å². The number of aromatic nitrogens is 1. The summed E-state index contributed by atoms with van der Waals surface area (Å²) >= 11 is 1.84. The molecule has 2 nitrogen and oxygen atoms in total. The molecule has 1 aromatic heterocycles. The van der Waals surface area contributed by atoms with Gasteiger partial charge >= 0.3 is 0 Å². The minimum Gasteiger partial charge on any atom is -0.316 e. The third kappa shape index (κ3) is 3.52. The molecule has 0 aliphatic heterocycles. The first-order valence-corrected chi connectivity index (χ1v) is 7.74. The Morgan fingerprint density at radius 1 is 1.35 bits per heavy atom. The SMILES string of the molecule is CCNCC1(Cc2nc(C)cs2)CCCCC1. The van der Waals surface area contributed by atoms with Gasteiger partial charge in [0.2, 0.25) is 0 Å². The summed E-state index contributed by atoms with van der Waals surface area (Å²) in [4.78, 5) is 4.65. The van der Waals surface area contributed by atoms with Crippen LogP contribution in [0.5, 0.6) is 0 Å². The molecule has 0 unspecified atom stereocenters. The van der Waals surface area contributed by atoms with Gasteiger partial charge in [0.15, 0.2) is 0 Å². The highest BCUT2D eigenvalue weighted by Gasteiger charge is 2.32. The molecular formula is C14H24N2S. The Balaban J connectivity index is 2.03.